The Labute approximate surface area is 184 Å². The monoisotopic (exact) mass is 443 g/mol. The maximum atomic E-state index is 12.7. The minimum Gasteiger partial charge on any atom is -0.357 e. The minimum atomic E-state index is -4.39. The summed E-state index contributed by atoms with van der Waals surface area (Å²) >= 11 is 0. The zero-order valence-electron chi connectivity index (χ0n) is 17.4. The molecule has 1 aliphatic rings. The van der Waals surface area contributed by atoms with E-state index in [1.54, 1.807) is 12.5 Å². The van der Waals surface area contributed by atoms with Crippen molar-refractivity contribution in [2.45, 2.75) is 32.1 Å². The third kappa shape index (κ3) is 5.27. The number of anilines is 1. The fourth-order valence-corrected chi connectivity index (χ4v) is 3.90. The number of nitrogens with one attached hydrogen (secondary N) is 1. The van der Waals surface area contributed by atoms with Crippen LogP contribution in [0.15, 0.2) is 61.3 Å². The van der Waals surface area contributed by atoms with E-state index < -0.39 is 11.7 Å². The van der Waals surface area contributed by atoms with E-state index in [4.69, 9.17) is 0 Å². The summed E-state index contributed by atoms with van der Waals surface area (Å²) in [4.78, 5) is 22.6. The topological polar surface area (TPSA) is 63.1 Å². The number of carbonyl (C=O) groups excluding carboxylic acids is 1. The second-order valence-corrected chi connectivity index (χ2v) is 7.89. The van der Waals surface area contributed by atoms with Crippen molar-refractivity contribution >= 4 is 11.7 Å². The van der Waals surface area contributed by atoms with E-state index in [0.717, 1.165) is 23.4 Å². The molecule has 1 aliphatic heterocycles. The first kappa shape index (κ1) is 21.9. The van der Waals surface area contributed by atoms with Gasteiger partial charge in [-0.25, -0.2) is 9.97 Å². The van der Waals surface area contributed by atoms with Gasteiger partial charge in [0.2, 0.25) is 5.91 Å². The number of rotatable bonds is 6. The zero-order chi connectivity index (χ0) is 22.6. The van der Waals surface area contributed by atoms with Crippen LogP contribution in [0.2, 0.25) is 0 Å². The molecule has 0 unspecified atom stereocenters. The summed E-state index contributed by atoms with van der Waals surface area (Å²) in [6.45, 7) is 2.29. The maximum Gasteiger partial charge on any atom is 0.417 e. The molecule has 0 aliphatic carbocycles. The predicted molar refractivity (Wildman–Crippen MR) is 114 cm³/mol. The molecule has 3 aromatic rings. The molecule has 1 N–H and O–H groups in total. The number of nitrogens with zero attached hydrogens (tertiary/aromatic N) is 4. The van der Waals surface area contributed by atoms with E-state index in [0.29, 0.717) is 44.8 Å². The van der Waals surface area contributed by atoms with Gasteiger partial charge in [-0.1, -0.05) is 24.3 Å². The van der Waals surface area contributed by atoms with Crippen LogP contribution in [0.5, 0.6) is 0 Å². The van der Waals surface area contributed by atoms with E-state index in [1.165, 1.54) is 6.07 Å². The van der Waals surface area contributed by atoms with Gasteiger partial charge in [0, 0.05) is 50.7 Å². The normalized spacial score (nSPS) is 15.0. The van der Waals surface area contributed by atoms with Crippen molar-refractivity contribution in [2.24, 2.45) is 5.92 Å². The van der Waals surface area contributed by atoms with E-state index in [-0.39, 0.29) is 11.8 Å². The molecule has 0 saturated carbocycles. The molecular weight excluding hydrogens is 419 g/mol. The molecule has 0 radical (unpaired) electrons. The lowest BCUT2D eigenvalue weighted by atomic mass is 9.95. The standard InChI is InChI=1S/C23H24F3N5O/c24-23(25,26)20-5-6-21(28-14-20)31-10-7-17(8-11-31)22(32)29-13-18-3-1-2-4-19(18)15-30-12-9-27-16-30/h1-6,9,12,14,16-17H,7-8,10-11,13,15H2,(H,29,32). The Morgan fingerprint density at radius 1 is 1.09 bits per heavy atom. The molecule has 1 aromatic carbocycles. The predicted octanol–water partition coefficient (Wildman–Crippen LogP) is 3.88. The highest BCUT2D eigenvalue weighted by Gasteiger charge is 2.31. The number of alkyl halides is 3. The number of benzene rings is 1. The summed E-state index contributed by atoms with van der Waals surface area (Å²) in [6, 6.07) is 10.4. The Morgan fingerprint density at radius 3 is 2.47 bits per heavy atom. The van der Waals surface area contributed by atoms with Gasteiger partial charge in [-0.2, -0.15) is 13.2 Å². The van der Waals surface area contributed by atoms with Crippen LogP contribution in [0, 0.1) is 5.92 Å². The average Bonchev–Trinajstić information content (AvgIpc) is 3.31. The van der Waals surface area contributed by atoms with Crippen LogP contribution < -0.4 is 10.2 Å². The molecule has 6 nitrogen and oxygen atoms in total. The van der Waals surface area contributed by atoms with Crippen molar-refractivity contribution in [1.82, 2.24) is 19.9 Å². The number of halogens is 3. The summed E-state index contributed by atoms with van der Waals surface area (Å²) in [7, 11) is 0. The van der Waals surface area contributed by atoms with Crippen LogP contribution in [0.4, 0.5) is 19.0 Å². The SMILES string of the molecule is O=C(NCc1ccccc1Cn1ccnc1)C1CCN(c2ccc(C(F)(F)F)cn2)CC1. The fraction of sp³-hybridized carbons (Fsp3) is 0.348. The Hall–Kier alpha value is -3.36. The number of piperidine rings is 1. The van der Waals surface area contributed by atoms with Gasteiger partial charge in [-0.3, -0.25) is 4.79 Å². The van der Waals surface area contributed by atoms with Gasteiger partial charge in [0.1, 0.15) is 5.82 Å². The summed E-state index contributed by atoms with van der Waals surface area (Å²) < 4.78 is 40.1. The number of amides is 1. The number of aromatic nitrogens is 3. The maximum absolute atomic E-state index is 12.7. The molecular formula is C23H24F3N5O. The van der Waals surface area contributed by atoms with Crippen molar-refractivity contribution in [3.8, 4) is 0 Å². The number of carbonyl (C=O) groups is 1. The Kier molecular flexibility index (Phi) is 6.43. The van der Waals surface area contributed by atoms with Gasteiger partial charge in [0.15, 0.2) is 0 Å². The lowest BCUT2D eigenvalue weighted by molar-refractivity contribution is -0.137. The quantitative estimate of drug-likeness (QED) is 0.628. The number of hydrogen-bond donors (Lipinski definition) is 1. The highest BCUT2D eigenvalue weighted by atomic mass is 19.4. The molecule has 1 amide bonds. The van der Waals surface area contributed by atoms with Crippen molar-refractivity contribution in [2.75, 3.05) is 18.0 Å². The van der Waals surface area contributed by atoms with Gasteiger partial charge < -0.3 is 14.8 Å². The number of pyridine rings is 1. The summed E-state index contributed by atoms with van der Waals surface area (Å²) in [5.74, 6) is 0.384. The smallest absolute Gasteiger partial charge is 0.357 e. The largest absolute Gasteiger partial charge is 0.417 e. The Balaban J connectivity index is 1.29. The zero-order valence-corrected chi connectivity index (χ0v) is 17.4. The van der Waals surface area contributed by atoms with Gasteiger partial charge in [0.05, 0.1) is 11.9 Å². The van der Waals surface area contributed by atoms with E-state index >= 15 is 0 Å². The van der Waals surface area contributed by atoms with E-state index in [1.807, 2.05) is 39.9 Å². The molecule has 168 valence electrons. The summed E-state index contributed by atoms with van der Waals surface area (Å²) in [5.41, 5.74) is 1.42. The molecule has 0 bridgehead atoms. The first-order valence-electron chi connectivity index (χ1n) is 10.5. The van der Waals surface area contributed by atoms with E-state index in [9.17, 15) is 18.0 Å². The van der Waals surface area contributed by atoms with Gasteiger partial charge >= 0.3 is 6.18 Å². The van der Waals surface area contributed by atoms with Crippen LogP contribution in [0.25, 0.3) is 0 Å². The average molecular weight is 443 g/mol. The first-order valence-corrected chi connectivity index (χ1v) is 10.5. The second kappa shape index (κ2) is 9.42. The third-order valence-corrected chi connectivity index (χ3v) is 5.75. The molecule has 32 heavy (non-hydrogen) atoms. The summed E-state index contributed by atoms with van der Waals surface area (Å²) in [6.07, 6.45) is 3.11. The highest BCUT2D eigenvalue weighted by Crippen LogP contribution is 2.30. The molecule has 9 heteroatoms. The summed E-state index contributed by atoms with van der Waals surface area (Å²) in [5, 5.41) is 3.04. The van der Waals surface area contributed by atoms with Crippen LogP contribution in [-0.2, 0) is 24.1 Å². The van der Waals surface area contributed by atoms with Gasteiger partial charge in [0.25, 0.3) is 0 Å². The van der Waals surface area contributed by atoms with Crippen LogP contribution in [0.3, 0.4) is 0 Å². The highest BCUT2D eigenvalue weighted by molar-refractivity contribution is 5.79. The van der Waals surface area contributed by atoms with E-state index in [2.05, 4.69) is 15.3 Å². The van der Waals surface area contributed by atoms with Crippen LogP contribution in [-0.4, -0.2) is 33.5 Å². The van der Waals surface area contributed by atoms with Crippen molar-refractivity contribution in [3.63, 3.8) is 0 Å². The fourth-order valence-electron chi connectivity index (χ4n) is 3.90. The lowest BCUT2D eigenvalue weighted by Crippen LogP contribution is -2.40. The number of imidazole rings is 1. The molecule has 1 fully saturated rings. The molecule has 2 aromatic heterocycles. The van der Waals surface area contributed by atoms with Crippen molar-refractivity contribution < 1.29 is 18.0 Å². The van der Waals surface area contributed by atoms with Crippen LogP contribution >= 0.6 is 0 Å². The molecule has 0 atom stereocenters. The first-order chi connectivity index (χ1) is 15.4. The number of hydrogen-bond acceptors (Lipinski definition) is 4. The molecule has 1 saturated heterocycles. The van der Waals surface area contributed by atoms with Crippen molar-refractivity contribution in [3.05, 3.63) is 78.0 Å². The van der Waals surface area contributed by atoms with Crippen LogP contribution in [0.1, 0.15) is 29.5 Å². The Bertz CT molecular complexity index is 1030. The minimum absolute atomic E-state index is 0.00228. The third-order valence-electron chi connectivity index (χ3n) is 5.75. The van der Waals surface area contributed by atoms with Gasteiger partial charge in [-0.15, -0.1) is 0 Å². The molecule has 0 spiro atoms. The van der Waals surface area contributed by atoms with Gasteiger partial charge in [-0.05, 0) is 36.1 Å². The second-order valence-electron chi connectivity index (χ2n) is 7.89. The molecule has 3 heterocycles. The Morgan fingerprint density at radius 2 is 1.84 bits per heavy atom. The molecule has 4 rings (SSSR count). The van der Waals surface area contributed by atoms with Crippen molar-refractivity contribution in [1.29, 1.82) is 0 Å². The lowest BCUT2D eigenvalue weighted by Gasteiger charge is -2.32.